The molecule has 0 rings (SSSR count). The summed E-state index contributed by atoms with van der Waals surface area (Å²) in [6.45, 7) is 5.14. The van der Waals surface area contributed by atoms with Crippen LogP contribution in [-0.4, -0.2) is 34.6 Å². The van der Waals surface area contributed by atoms with Gasteiger partial charge in [0, 0.05) is 0 Å². The van der Waals surface area contributed by atoms with Gasteiger partial charge in [-0.2, -0.15) is 0 Å². The predicted octanol–water partition coefficient (Wildman–Crippen LogP) is 0.750. The topological polar surface area (TPSA) is 47.7 Å². The molecule has 0 aliphatic heterocycles. The Morgan fingerprint density at radius 3 is 2.31 bits per heavy atom. The Bertz CT molecular complexity index is 123. The molecule has 0 spiro atoms. The lowest BCUT2D eigenvalue weighted by Gasteiger charge is -2.23. The Morgan fingerprint density at radius 2 is 1.92 bits per heavy atom. The van der Waals surface area contributed by atoms with Crippen molar-refractivity contribution >= 4 is 8.96 Å². The highest BCUT2D eigenvalue weighted by Gasteiger charge is 2.15. The quantitative estimate of drug-likeness (QED) is 0.493. The molecule has 0 aromatic carbocycles. The molecule has 5 heteroatoms. The zero-order chi connectivity index (χ0) is 10.3. The van der Waals surface area contributed by atoms with Gasteiger partial charge in [-0.15, -0.1) is 4.89 Å². The van der Waals surface area contributed by atoms with E-state index in [-0.39, 0.29) is 0 Å². The summed E-state index contributed by atoms with van der Waals surface area (Å²) in [4.78, 5) is 11.8. The van der Waals surface area contributed by atoms with E-state index in [4.69, 9.17) is 15.4 Å². The number of hydrogen-bond acceptors (Lipinski definition) is 4. The SMILES string of the molecule is CON(OC)[SiH](C)CCC(C)CN. The summed E-state index contributed by atoms with van der Waals surface area (Å²) in [5.74, 6) is 0.602. The van der Waals surface area contributed by atoms with Crippen LogP contribution in [0.1, 0.15) is 13.3 Å². The van der Waals surface area contributed by atoms with Crippen LogP contribution >= 0.6 is 0 Å². The van der Waals surface area contributed by atoms with Gasteiger partial charge in [0.25, 0.3) is 0 Å². The van der Waals surface area contributed by atoms with Gasteiger partial charge in [-0.1, -0.05) is 19.9 Å². The first-order valence-corrected chi connectivity index (χ1v) is 7.22. The van der Waals surface area contributed by atoms with Crippen LogP contribution in [0.2, 0.25) is 12.6 Å². The first kappa shape index (κ1) is 13.1. The fraction of sp³-hybridized carbons (Fsp3) is 1.00. The molecule has 0 saturated heterocycles. The van der Waals surface area contributed by atoms with Gasteiger partial charge >= 0.3 is 0 Å². The van der Waals surface area contributed by atoms with Crippen LogP contribution in [0.25, 0.3) is 0 Å². The Kier molecular flexibility index (Phi) is 7.49. The maximum atomic E-state index is 5.54. The van der Waals surface area contributed by atoms with E-state index in [0.717, 1.165) is 13.0 Å². The maximum absolute atomic E-state index is 5.54. The van der Waals surface area contributed by atoms with E-state index >= 15 is 0 Å². The van der Waals surface area contributed by atoms with Crippen molar-refractivity contribution in [2.24, 2.45) is 11.7 Å². The average Bonchev–Trinajstić information content (AvgIpc) is 2.16. The predicted molar refractivity (Wildman–Crippen MR) is 56.5 cm³/mol. The summed E-state index contributed by atoms with van der Waals surface area (Å²) in [5.41, 5.74) is 5.54. The van der Waals surface area contributed by atoms with E-state index in [1.54, 1.807) is 19.1 Å². The summed E-state index contributed by atoms with van der Waals surface area (Å²) >= 11 is 0. The second kappa shape index (κ2) is 7.46. The molecule has 0 aliphatic rings. The molecule has 0 saturated carbocycles. The van der Waals surface area contributed by atoms with Gasteiger partial charge in [-0.25, -0.2) is 0 Å². The van der Waals surface area contributed by atoms with Gasteiger partial charge in [0.15, 0.2) is 8.96 Å². The van der Waals surface area contributed by atoms with E-state index in [1.165, 1.54) is 6.04 Å². The summed E-state index contributed by atoms with van der Waals surface area (Å²) in [6.07, 6.45) is 1.16. The van der Waals surface area contributed by atoms with Gasteiger partial charge in [0.2, 0.25) is 0 Å². The molecule has 2 unspecified atom stereocenters. The third-order valence-corrected chi connectivity index (χ3v) is 4.51. The molecule has 13 heavy (non-hydrogen) atoms. The van der Waals surface area contributed by atoms with E-state index in [9.17, 15) is 0 Å². The van der Waals surface area contributed by atoms with Gasteiger partial charge in [0.1, 0.15) is 0 Å². The molecule has 80 valence electrons. The number of rotatable bonds is 7. The lowest BCUT2D eigenvalue weighted by molar-refractivity contribution is -0.280. The number of hydrogen-bond donors (Lipinski definition) is 1. The van der Waals surface area contributed by atoms with Gasteiger partial charge in [-0.05, 0) is 18.5 Å². The largest absolute Gasteiger partial charge is 0.330 e. The van der Waals surface area contributed by atoms with E-state index in [2.05, 4.69) is 13.5 Å². The van der Waals surface area contributed by atoms with Crippen molar-refractivity contribution < 1.29 is 9.68 Å². The first-order valence-electron chi connectivity index (χ1n) is 4.73. The van der Waals surface area contributed by atoms with Gasteiger partial charge in [0.05, 0.1) is 14.2 Å². The molecule has 0 radical (unpaired) electrons. The highest BCUT2D eigenvalue weighted by molar-refractivity contribution is 6.53. The second-order valence-electron chi connectivity index (χ2n) is 3.42. The second-order valence-corrected chi connectivity index (χ2v) is 6.11. The highest BCUT2D eigenvalue weighted by atomic mass is 28.3. The van der Waals surface area contributed by atoms with Crippen LogP contribution in [0.4, 0.5) is 0 Å². The monoisotopic (exact) mass is 206 g/mol. The van der Waals surface area contributed by atoms with Crippen LogP contribution in [0.15, 0.2) is 0 Å². The Hall–Kier alpha value is 0.0569. The van der Waals surface area contributed by atoms with E-state index < -0.39 is 8.96 Å². The van der Waals surface area contributed by atoms with Crippen molar-refractivity contribution in [1.29, 1.82) is 0 Å². The summed E-state index contributed by atoms with van der Waals surface area (Å²) in [7, 11) is 2.22. The fourth-order valence-corrected chi connectivity index (χ4v) is 3.17. The molecule has 0 heterocycles. The molecule has 0 aliphatic carbocycles. The normalized spacial score (nSPS) is 16.2. The molecular formula is C8H22N2O2Si. The molecule has 0 aromatic heterocycles. The lowest BCUT2D eigenvalue weighted by atomic mass is 10.1. The van der Waals surface area contributed by atoms with Crippen LogP contribution < -0.4 is 5.73 Å². The summed E-state index contributed by atoms with van der Waals surface area (Å²) < 4.78 is 0. The Balaban J connectivity index is 3.65. The van der Waals surface area contributed by atoms with Crippen LogP contribution in [0.3, 0.4) is 0 Å². The molecule has 0 aromatic rings. The zero-order valence-electron chi connectivity index (χ0n) is 9.12. The Labute approximate surface area is 82.6 Å². The fourth-order valence-electron chi connectivity index (χ4n) is 1.18. The molecule has 0 bridgehead atoms. The minimum atomic E-state index is -1.05. The van der Waals surface area contributed by atoms with Crippen molar-refractivity contribution in [1.82, 2.24) is 4.89 Å². The minimum Gasteiger partial charge on any atom is -0.330 e. The Morgan fingerprint density at radius 1 is 1.38 bits per heavy atom. The standard InChI is InChI=1S/C8H22N2O2Si/c1-8(7-9)5-6-13(4)10(11-2)12-3/h8,13H,5-7,9H2,1-4H3. The highest BCUT2D eigenvalue weighted by Crippen LogP contribution is 2.10. The minimum absolute atomic E-state index is 0.602. The maximum Gasteiger partial charge on any atom is 0.179 e. The first-order chi connectivity index (χ1) is 6.15. The van der Waals surface area contributed by atoms with Crippen molar-refractivity contribution in [3.05, 3.63) is 0 Å². The van der Waals surface area contributed by atoms with Crippen molar-refractivity contribution in [3.8, 4) is 0 Å². The van der Waals surface area contributed by atoms with E-state index in [1.807, 2.05) is 0 Å². The third-order valence-electron chi connectivity index (χ3n) is 2.20. The van der Waals surface area contributed by atoms with Gasteiger partial charge in [-0.3, -0.25) is 9.68 Å². The average molecular weight is 206 g/mol. The summed E-state index contributed by atoms with van der Waals surface area (Å²) in [6, 6.07) is 1.17. The molecule has 2 atom stereocenters. The van der Waals surface area contributed by atoms with Crippen molar-refractivity contribution in [3.63, 3.8) is 0 Å². The number of nitrogens with two attached hydrogens (primary N) is 1. The zero-order valence-corrected chi connectivity index (χ0v) is 10.3. The number of nitrogens with zero attached hydrogens (tertiary/aromatic N) is 1. The molecular weight excluding hydrogens is 184 g/mol. The third kappa shape index (κ3) is 5.38. The smallest absolute Gasteiger partial charge is 0.179 e. The van der Waals surface area contributed by atoms with Crippen molar-refractivity contribution in [2.45, 2.75) is 25.9 Å². The van der Waals surface area contributed by atoms with E-state index in [0.29, 0.717) is 5.92 Å². The van der Waals surface area contributed by atoms with Crippen LogP contribution in [0.5, 0.6) is 0 Å². The molecule has 0 amide bonds. The lowest BCUT2D eigenvalue weighted by Crippen LogP contribution is -2.35. The van der Waals surface area contributed by atoms with Crippen LogP contribution in [-0.2, 0) is 9.68 Å². The summed E-state index contributed by atoms with van der Waals surface area (Å²) in [5, 5.41) is 0. The molecule has 2 N–H and O–H groups in total. The van der Waals surface area contributed by atoms with Gasteiger partial charge < -0.3 is 5.73 Å². The molecule has 4 nitrogen and oxygen atoms in total. The van der Waals surface area contributed by atoms with Crippen LogP contribution in [0, 0.1) is 5.92 Å². The van der Waals surface area contributed by atoms with Crippen molar-refractivity contribution in [2.75, 3.05) is 20.8 Å². The molecule has 0 fully saturated rings.